The Morgan fingerprint density at radius 1 is 1.44 bits per heavy atom. The number of alkyl halides is 1. The minimum absolute atomic E-state index is 0. The average molecular weight is 183 g/mol. The van der Waals surface area contributed by atoms with Crippen LogP contribution >= 0.6 is 11.6 Å². The molecule has 0 aliphatic rings. The van der Waals surface area contributed by atoms with Crippen molar-refractivity contribution < 1.29 is 12.6 Å². The summed E-state index contributed by atoms with van der Waals surface area (Å²) in [5, 5.41) is 0. The molecule has 0 aliphatic heterocycles. The fourth-order valence-electron chi connectivity index (χ4n) is 0.194. The first-order chi connectivity index (χ1) is 3.77. The third-order valence-corrected chi connectivity index (χ3v) is 1.14. The van der Waals surface area contributed by atoms with Gasteiger partial charge in [0.05, 0.1) is 6.61 Å². The van der Waals surface area contributed by atoms with Gasteiger partial charge in [-0.25, -0.2) is 8.42 Å². The molecule has 0 aromatic rings. The molecule has 0 saturated carbocycles. The van der Waals surface area contributed by atoms with Crippen molar-refractivity contribution in [2.75, 3.05) is 12.5 Å². The predicted octanol–water partition coefficient (Wildman–Crippen LogP) is -0.490. The monoisotopic (exact) mass is 182 g/mol. The molecule has 0 unspecified atom stereocenters. The van der Waals surface area contributed by atoms with Gasteiger partial charge in [0, 0.05) is 5.88 Å². The van der Waals surface area contributed by atoms with Crippen LogP contribution < -0.4 is 0 Å². The van der Waals surface area contributed by atoms with E-state index in [9.17, 15) is 8.42 Å². The second kappa shape index (κ2) is 9.20. The summed E-state index contributed by atoms with van der Waals surface area (Å²) in [6.07, 6.45) is 0.574. The van der Waals surface area contributed by atoms with Crippen molar-refractivity contribution in [3.8, 4) is 0 Å². The SMILES string of the molecule is O=[SH](=O)OCCCCl.[NaH]. The first kappa shape index (κ1) is 12.8. The second-order valence-electron chi connectivity index (χ2n) is 1.10. The van der Waals surface area contributed by atoms with Crippen LogP contribution in [-0.4, -0.2) is 50.5 Å². The maximum absolute atomic E-state index is 9.65. The van der Waals surface area contributed by atoms with E-state index < -0.39 is 11.0 Å². The first-order valence-electron chi connectivity index (χ1n) is 2.10. The summed E-state index contributed by atoms with van der Waals surface area (Å²) in [5.41, 5.74) is 0. The van der Waals surface area contributed by atoms with Crippen LogP contribution in [0.3, 0.4) is 0 Å². The van der Waals surface area contributed by atoms with Crippen LogP contribution in [0.2, 0.25) is 0 Å². The molecule has 0 atom stereocenters. The Hall–Kier alpha value is 1.20. The van der Waals surface area contributed by atoms with E-state index >= 15 is 0 Å². The number of rotatable bonds is 4. The molecule has 9 heavy (non-hydrogen) atoms. The van der Waals surface area contributed by atoms with E-state index in [1.807, 2.05) is 0 Å². The fourth-order valence-corrected chi connectivity index (χ4v) is 0.581. The molecule has 0 radical (unpaired) electrons. The van der Waals surface area contributed by atoms with Crippen LogP contribution in [0.4, 0.5) is 0 Å². The molecule has 0 spiro atoms. The summed E-state index contributed by atoms with van der Waals surface area (Å²) in [7, 11) is -2.67. The summed E-state index contributed by atoms with van der Waals surface area (Å²) in [6.45, 7) is 0.197. The van der Waals surface area contributed by atoms with E-state index in [4.69, 9.17) is 11.6 Å². The fraction of sp³-hybridized carbons (Fsp3) is 1.00. The summed E-state index contributed by atoms with van der Waals surface area (Å²) in [5.74, 6) is 0.434. The molecule has 0 N–H and O–H groups in total. The normalized spacial score (nSPS) is 9.11. The van der Waals surface area contributed by atoms with Gasteiger partial charge < -0.3 is 0 Å². The molecule has 0 amide bonds. The Morgan fingerprint density at radius 3 is 2.33 bits per heavy atom. The number of thiol groups is 1. The molecule has 3 nitrogen and oxygen atoms in total. The standard InChI is InChI=1S/C3H7ClO3S.Na.H/c4-2-1-3-7-8(5)6;;/h8H,1-3H2;;. The van der Waals surface area contributed by atoms with Crippen molar-refractivity contribution in [2.24, 2.45) is 0 Å². The van der Waals surface area contributed by atoms with Gasteiger partial charge in [0.1, 0.15) is 0 Å². The average Bonchev–Trinajstić information content (AvgIpc) is 1.66. The topological polar surface area (TPSA) is 43.4 Å². The Kier molecular flexibility index (Phi) is 13.1. The van der Waals surface area contributed by atoms with Gasteiger partial charge in [0.15, 0.2) is 0 Å². The van der Waals surface area contributed by atoms with Crippen molar-refractivity contribution in [3.05, 3.63) is 0 Å². The number of hydrogen-bond acceptors (Lipinski definition) is 3. The molecule has 0 fully saturated rings. The van der Waals surface area contributed by atoms with Gasteiger partial charge >= 0.3 is 29.6 Å². The molecular weight excluding hydrogens is 175 g/mol. The third kappa shape index (κ3) is 12.4. The van der Waals surface area contributed by atoms with Crippen molar-refractivity contribution in [3.63, 3.8) is 0 Å². The summed E-state index contributed by atoms with van der Waals surface area (Å²) in [4.78, 5) is 0. The van der Waals surface area contributed by atoms with Gasteiger partial charge in [-0.1, -0.05) is 0 Å². The molecule has 0 aromatic carbocycles. The molecule has 0 rings (SSSR count). The van der Waals surface area contributed by atoms with E-state index in [-0.39, 0.29) is 36.2 Å². The zero-order valence-electron chi connectivity index (χ0n) is 4.17. The Morgan fingerprint density at radius 2 is 2.00 bits per heavy atom. The number of halogens is 1. The van der Waals surface area contributed by atoms with E-state index in [1.54, 1.807) is 0 Å². The zero-order chi connectivity index (χ0) is 6.41. The van der Waals surface area contributed by atoms with Crippen molar-refractivity contribution in [1.29, 1.82) is 0 Å². The Bertz CT molecular complexity index is 108. The third-order valence-electron chi connectivity index (χ3n) is 0.475. The first-order valence-corrected chi connectivity index (χ1v) is 3.73. The molecule has 0 saturated heterocycles. The van der Waals surface area contributed by atoms with E-state index in [1.165, 1.54) is 0 Å². The number of hydrogen-bond donors (Lipinski definition) is 1. The molecule has 0 aliphatic carbocycles. The quantitative estimate of drug-likeness (QED) is 0.276. The van der Waals surface area contributed by atoms with Crippen LogP contribution in [-0.2, 0) is 15.2 Å². The van der Waals surface area contributed by atoms with Gasteiger partial charge in [-0.2, -0.15) is 0 Å². The molecule has 0 heterocycles. The van der Waals surface area contributed by atoms with Crippen LogP contribution in [0.1, 0.15) is 6.42 Å². The van der Waals surface area contributed by atoms with Crippen LogP contribution in [0.5, 0.6) is 0 Å². The molecular formula is C3H8ClNaO3S. The van der Waals surface area contributed by atoms with Crippen molar-refractivity contribution >= 4 is 52.1 Å². The van der Waals surface area contributed by atoms with E-state index in [2.05, 4.69) is 4.18 Å². The predicted molar refractivity (Wildman–Crippen MR) is 38.8 cm³/mol. The Labute approximate surface area is 83.2 Å². The molecule has 6 heteroatoms. The molecule has 52 valence electrons. The Balaban J connectivity index is 0. The molecule has 0 aromatic heterocycles. The zero-order valence-corrected chi connectivity index (χ0v) is 5.82. The van der Waals surface area contributed by atoms with Gasteiger partial charge in [-0.15, -0.1) is 11.6 Å². The van der Waals surface area contributed by atoms with Crippen LogP contribution in [0.15, 0.2) is 0 Å². The van der Waals surface area contributed by atoms with Gasteiger partial charge in [-0.05, 0) is 6.42 Å². The second-order valence-corrected chi connectivity index (χ2v) is 2.18. The van der Waals surface area contributed by atoms with E-state index in [0.29, 0.717) is 12.3 Å². The van der Waals surface area contributed by atoms with Crippen LogP contribution in [0, 0.1) is 0 Å². The maximum atomic E-state index is 9.65. The summed E-state index contributed by atoms with van der Waals surface area (Å²) < 4.78 is 23.4. The van der Waals surface area contributed by atoms with E-state index in [0.717, 1.165) is 0 Å². The van der Waals surface area contributed by atoms with Crippen LogP contribution in [0.25, 0.3) is 0 Å². The summed E-state index contributed by atoms with van der Waals surface area (Å²) in [6, 6.07) is 0. The van der Waals surface area contributed by atoms with Gasteiger partial charge in [0.25, 0.3) is 11.0 Å². The van der Waals surface area contributed by atoms with Crippen molar-refractivity contribution in [2.45, 2.75) is 6.42 Å². The van der Waals surface area contributed by atoms with Gasteiger partial charge in [-0.3, -0.25) is 4.18 Å². The van der Waals surface area contributed by atoms with Gasteiger partial charge in [0.2, 0.25) is 0 Å². The summed E-state index contributed by atoms with van der Waals surface area (Å²) >= 11 is 5.21. The molecule has 0 bridgehead atoms. The van der Waals surface area contributed by atoms with Crippen molar-refractivity contribution in [1.82, 2.24) is 0 Å². The minimum atomic E-state index is -2.67.